The Morgan fingerprint density at radius 3 is 2.29 bits per heavy atom. The molecule has 2 N–H and O–H groups in total. The maximum absolute atomic E-state index is 15.1. The molecule has 0 saturated heterocycles. The average Bonchev–Trinajstić information content (AvgIpc) is 3.38. The van der Waals surface area contributed by atoms with E-state index in [4.69, 9.17) is 5.11 Å². The number of rotatable bonds is 7. The molecule has 4 aromatic rings. The summed E-state index contributed by atoms with van der Waals surface area (Å²) in [6.45, 7) is 0. The summed E-state index contributed by atoms with van der Waals surface area (Å²) in [4.78, 5) is 15.4. The van der Waals surface area contributed by atoms with Crippen LogP contribution in [0.3, 0.4) is 0 Å². The predicted octanol–water partition coefficient (Wildman–Crippen LogP) is 6.47. The molecule has 1 saturated carbocycles. The maximum atomic E-state index is 15.1. The first kappa shape index (κ1) is 22.5. The van der Waals surface area contributed by atoms with E-state index in [2.05, 4.69) is 27.3 Å². The molecule has 0 spiro atoms. The highest BCUT2D eigenvalue weighted by molar-refractivity contribution is 5.99. The number of H-pyrrole nitrogens is 1. The number of nitrogens with one attached hydrogen (secondary N) is 1. The van der Waals surface area contributed by atoms with Crippen molar-refractivity contribution in [3.63, 3.8) is 0 Å². The standard InChI is InChI=1S/C29H24FN3O2/c30-25-5-2-16-31-29(25)28(21-3-1-4-21)27(22-9-6-19(7-10-22)8-15-26(34)35)23-13-11-20(12-14-23)24-17-32-33-18-24/h2,5-18,21H,1,3-4H2,(H,32,33)(H,34,35)/b15-8+,28-27+. The largest absolute Gasteiger partial charge is 0.478 e. The number of carboxylic acid groups (broad SMARTS) is 1. The topological polar surface area (TPSA) is 78.9 Å². The van der Waals surface area contributed by atoms with Gasteiger partial charge in [0, 0.05) is 24.0 Å². The monoisotopic (exact) mass is 465 g/mol. The van der Waals surface area contributed by atoms with Crippen molar-refractivity contribution in [2.75, 3.05) is 0 Å². The fourth-order valence-corrected chi connectivity index (χ4v) is 4.44. The number of carboxylic acids is 1. The quantitative estimate of drug-likeness (QED) is 0.307. The van der Waals surface area contributed by atoms with Crippen molar-refractivity contribution in [1.29, 1.82) is 0 Å². The van der Waals surface area contributed by atoms with Crippen LogP contribution in [0.5, 0.6) is 0 Å². The Bertz CT molecular complexity index is 1380. The molecule has 0 aliphatic heterocycles. The number of nitrogens with zero attached hydrogens (tertiary/aromatic N) is 2. The van der Waals surface area contributed by atoms with E-state index in [1.807, 2.05) is 42.6 Å². The Labute approximate surface area is 202 Å². The van der Waals surface area contributed by atoms with Gasteiger partial charge in [-0.15, -0.1) is 0 Å². The Hall–Kier alpha value is -4.32. The third-order valence-corrected chi connectivity index (χ3v) is 6.42. The summed E-state index contributed by atoms with van der Waals surface area (Å²) in [6, 6.07) is 18.9. The van der Waals surface area contributed by atoms with Crippen LogP contribution >= 0.6 is 0 Å². The second kappa shape index (κ2) is 9.89. The molecule has 0 bridgehead atoms. The van der Waals surface area contributed by atoms with Gasteiger partial charge in [-0.25, -0.2) is 9.18 Å². The first-order valence-corrected chi connectivity index (χ1v) is 11.6. The molecule has 2 heterocycles. The van der Waals surface area contributed by atoms with Gasteiger partial charge in [-0.05, 0) is 70.4 Å². The average molecular weight is 466 g/mol. The van der Waals surface area contributed by atoms with Gasteiger partial charge < -0.3 is 5.11 Å². The number of hydrogen-bond donors (Lipinski definition) is 2. The van der Waals surface area contributed by atoms with Crippen LogP contribution in [0.25, 0.3) is 28.3 Å². The van der Waals surface area contributed by atoms with E-state index in [0.717, 1.165) is 64.3 Å². The van der Waals surface area contributed by atoms with Crippen molar-refractivity contribution in [3.05, 3.63) is 114 Å². The summed E-state index contributed by atoms with van der Waals surface area (Å²) in [7, 11) is 0. The van der Waals surface area contributed by atoms with Gasteiger partial charge in [-0.2, -0.15) is 5.10 Å². The molecule has 1 aliphatic carbocycles. The minimum absolute atomic E-state index is 0.217. The Morgan fingerprint density at radius 1 is 1.00 bits per heavy atom. The number of halogens is 1. The maximum Gasteiger partial charge on any atom is 0.328 e. The van der Waals surface area contributed by atoms with E-state index < -0.39 is 5.97 Å². The summed E-state index contributed by atoms with van der Waals surface area (Å²) in [5, 5.41) is 15.8. The van der Waals surface area contributed by atoms with Crippen LogP contribution in [0.1, 0.15) is 41.6 Å². The van der Waals surface area contributed by atoms with Crippen LogP contribution in [-0.2, 0) is 4.79 Å². The lowest BCUT2D eigenvalue weighted by Crippen LogP contribution is -2.17. The van der Waals surface area contributed by atoms with Gasteiger partial charge in [0.1, 0.15) is 11.5 Å². The zero-order valence-electron chi connectivity index (χ0n) is 19.0. The molecular weight excluding hydrogens is 441 g/mol. The second-order valence-corrected chi connectivity index (χ2v) is 8.61. The highest BCUT2D eigenvalue weighted by Gasteiger charge is 2.29. The molecule has 0 radical (unpaired) electrons. The number of pyridine rings is 1. The third kappa shape index (κ3) is 4.82. The lowest BCUT2D eigenvalue weighted by Gasteiger charge is -2.31. The summed E-state index contributed by atoms with van der Waals surface area (Å²) >= 11 is 0. The van der Waals surface area contributed by atoms with Gasteiger partial charge in [-0.1, -0.05) is 55.0 Å². The number of allylic oxidation sites excluding steroid dienone is 1. The highest BCUT2D eigenvalue weighted by Crippen LogP contribution is 2.45. The Balaban J connectivity index is 1.68. The SMILES string of the molecule is O=C(O)/C=C/c1ccc(/C(=C(\c2ncccc2F)C2CCC2)c2ccc(-c3cn[nH]c3)cc2)cc1. The van der Waals surface area contributed by atoms with Crippen LogP contribution in [-0.4, -0.2) is 26.3 Å². The summed E-state index contributed by atoms with van der Waals surface area (Å²) in [5.74, 6) is -1.11. The molecule has 1 fully saturated rings. The number of benzene rings is 2. The van der Waals surface area contributed by atoms with Crippen LogP contribution in [0.2, 0.25) is 0 Å². The van der Waals surface area contributed by atoms with Crippen molar-refractivity contribution in [3.8, 4) is 11.1 Å². The highest BCUT2D eigenvalue weighted by atomic mass is 19.1. The third-order valence-electron chi connectivity index (χ3n) is 6.42. The molecule has 6 heteroatoms. The zero-order chi connectivity index (χ0) is 24.2. The van der Waals surface area contributed by atoms with Gasteiger partial charge in [0.25, 0.3) is 0 Å². The lowest BCUT2D eigenvalue weighted by molar-refractivity contribution is -0.131. The number of aromatic amines is 1. The van der Waals surface area contributed by atoms with E-state index >= 15 is 4.39 Å². The molecule has 5 rings (SSSR count). The summed E-state index contributed by atoms with van der Waals surface area (Å²) in [6.07, 6.45) is 11.0. The van der Waals surface area contributed by atoms with Crippen molar-refractivity contribution in [2.45, 2.75) is 19.3 Å². The van der Waals surface area contributed by atoms with Crippen molar-refractivity contribution >= 4 is 23.2 Å². The fraction of sp³-hybridized carbons (Fsp3) is 0.138. The van der Waals surface area contributed by atoms with Gasteiger partial charge in [0.2, 0.25) is 0 Å². The molecule has 0 unspecified atom stereocenters. The van der Waals surface area contributed by atoms with Crippen molar-refractivity contribution < 1.29 is 14.3 Å². The second-order valence-electron chi connectivity index (χ2n) is 8.61. The van der Waals surface area contributed by atoms with Crippen LogP contribution < -0.4 is 0 Å². The molecule has 0 amide bonds. The van der Waals surface area contributed by atoms with Crippen molar-refractivity contribution in [2.24, 2.45) is 5.92 Å². The number of hydrogen-bond acceptors (Lipinski definition) is 3. The molecule has 0 atom stereocenters. The minimum atomic E-state index is -0.995. The van der Waals surface area contributed by atoms with E-state index in [1.165, 1.54) is 6.07 Å². The van der Waals surface area contributed by atoms with E-state index in [1.54, 1.807) is 24.5 Å². The smallest absolute Gasteiger partial charge is 0.328 e. The number of aromatic nitrogens is 3. The molecule has 35 heavy (non-hydrogen) atoms. The number of carbonyl (C=O) groups is 1. The molecular formula is C29H24FN3O2. The molecule has 1 aliphatic rings. The van der Waals surface area contributed by atoms with E-state index in [9.17, 15) is 4.79 Å². The van der Waals surface area contributed by atoms with Gasteiger partial charge in [0.05, 0.1) is 6.20 Å². The van der Waals surface area contributed by atoms with Crippen LogP contribution in [0, 0.1) is 11.7 Å². The summed E-state index contributed by atoms with van der Waals surface area (Å²) < 4.78 is 15.1. The van der Waals surface area contributed by atoms with Gasteiger partial charge >= 0.3 is 5.97 Å². The molecule has 174 valence electrons. The lowest BCUT2D eigenvalue weighted by atomic mass is 9.74. The summed E-state index contributed by atoms with van der Waals surface area (Å²) in [5.41, 5.74) is 6.95. The van der Waals surface area contributed by atoms with Crippen LogP contribution in [0.15, 0.2) is 85.3 Å². The number of aliphatic carboxylic acids is 1. The first-order chi connectivity index (χ1) is 17.1. The van der Waals surface area contributed by atoms with Gasteiger partial charge in [-0.3, -0.25) is 10.1 Å². The van der Waals surface area contributed by atoms with Gasteiger partial charge in [0.15, 0.2) is 0 Å². The van der Waals surface area contributed by atoms with E-state index in [-0.39, 0.29) is 11.7 Å². The molecule has 2 aromatic heterocycles. The fourth-order valence-electron chi connectivity index (χ4n) is 4.44. The zero-order valence-corrected chi connectivity index (χ0v) is 19.0. The predicted molar refractivity (Wildman–Crippen MR) is 135 cm³/mol. The minimum Gasteiger partial charge on any atom is -0.478 e. The van der Waals surface area contributed by atoms with Crippen molar-refractivity contribution in [1.82, 2.24) is 15.2 Å². The van der Waals surface area contributed by atoms with E-state index in [0.29, 0.717) is 5.69 Å². The van der Waals surface area contributed by atoms with Crippen LogP contribution in [0.4, 0.5) is 4.39 Å². The molecule has 5 nitrogen and oxygen atoms in total. The Kier molecular flexibility index (Phi) is 6.35. The Morgan fingerprint density at radius 2 is 1.71 bits per heavy atom. The normalized spacial score (nSPS) is 14.5. The molecule has 2 aromatic carbocycles. The first-order valence-electron chi connectivity index (χ1n) is 11.6.